The van der Waals surface area contributed by atoms with Crippen LogP contribution < -0.4 is 4.90 Å². The Bertz CT molecular complexity index is 371. The Hall–Kier alpha value is -1.49. The van der Waals surface area contributed by atoms with Gasteiger partial charge in [0.05, 0.1) is 11.6 Å². The Morgan fingerprint density at radius 3 is 2.44 bits per heavy atom. The predicted octanol–water partition coefficient (Wildman–Crippen LogP) is 3.18. The predicted molar refractivity (Wildman–Crippen MR) is 66.4 cm³/mol. The summed E-state index contributed by atoms with van der Waals surface area (Å²) in [4.78, 5) is 2.41. The molecule has 0 aliphatic heterocycles. The van der Waals surface area contributed by atoms with Crippen LogP contribution in [0.5, 0.6) is 0 Å². The Labute approximate surface area is 97.5 Å². The van der Waals surface area contributed by atoms with E-state index in [1.807, 2.05) is 12.1 Å². The van der Waals surface area contributed by atoms with Crippen LogP contribution in [0.4, 0.5) is 5.69 Å². The molecule has 2 nitrogen and oxygen atoms in total. The van der Waals surface area contributed by atoms with Gasteiger partial charge in [0, 0.05) is 18.8 Å². The molecule has 0 unspecified atom stereocenters. The molecule has 1 aromatic rings. The molecule has 0 heterocycles. The summed E-state index contributed by atoms with van der Waals surface area (Å²) in [6.45, 7) is 4.40. The number of nitrogens with zero attached hydrogens (tertiary/aromatic N) is 2. The van der Waals surface area contributed by atoms with Gasteiger partial charge in [-0.15, -0.1) is 0 Å². The van der Waals surface area contributed by atoms with Gasteiger partial charge in [0.25, 0.3) is 0 Å². The van der Waals surface area contributed by atoms with E-state index in [1.54, 1.807) is 0 Å². The molecule has 84 valence electrons. The fraction of sp³-hybridized carbons (Fsp3) is 0.500. The van der Waals surface area contributed by atoms with Crippen molar-refractivity contribution in [2.45, 2.75) is 26.2 Å². The van der Waals surface area contributed by atoms with Crippen LogP contribution in [0.1, 0.15) is 31.7 Å². The Morgan fingerprint density at radius 2 is 2.00 bits per heavy atom. The molecule has 0 atom stereocenters. The summed E-state index contributed by atoms with van der Waals surface area (Å²) >= 11 is 0. The Kier molecular flexibility index (Phi) is 3.46. The minimum atomic E-state index is 0.739. The van der Waals surface area contributed by atoms with Gasteiger partial charge in [-0.05, 0) is 49.9 Å². The lowest BCUT2D eigenvalue weighted by Crippen LogP contribution is -2.32. The summed E-state index contributed by atoms with van der Waals surface area (Å²) in [6.07, 6.45) is 4.16. The van der Waals surface area contributed by atoms with Gasteiger partial charge < -0.3 is 4.90 Å². The zero-order valence-electron chi connectivity index (χ0n) is 9.82. The van der Waals surface area contributed by atoms with Crippen LogP contribution in [0.25, 0.3) is 0 Å². The van der Waals surface area contributed by atoms with Gasteiger partial charge >= 0.3 is 0 Å². The molecular formula is C14H18N2. The fourth-order valence-corrected chi connectivity index (χ4v) is 2.15. The molecule has 0 amide bonds. The second-order valence-corrected chi connectivity index (χ2v) is 4.49. The molecular weight excluding hydrogens is 196 g/mol. The lowest BCUT2D eigenvalue weighted by molar-refractivity contribution is 0.318. The maximum atomic E-state index is 8.75. The van der Waals surface area contributed by atoms with Crippen LogP contribution in [0.2, 0.25) is 0 Å². The molecule has 2 heteroatoms. The summed E-state index contributed by atoms with van der Waals surface area (Å²) in [5.74, 6) is 0.885. The lowest BCUT2D eigenvalue weighted by atomic mass is 9.85. The van der Waals surface area contributed by atoms with E-state index in [4.69, 9.17) is 5.26 Å². The van der Waals surface area contributed by atoms with Crippen LogP contribution in [0.3, 0.4) is 0 Å². The van der Waals surface area contributed by atoms with E-state index in [1.165, 1.54) is 31.5 Å². The first-order valence-corrected chi connectivity index (χ1v) is 6.08. The topological polar surface area (TPSA) is 27.0 Å². The molecule has 1 fully saturated rings. The van der Waals surface area contributed by atoms with Crippen molar-refractivity contribution in [3.05, 3.63) is 29.8 Å². The summed E-state index contributed by atoms with van der Waals surface area (Å²) < 4.78 is 0. The van der Waals surface area contributed by atoms with Crippen LogP contribution in [0.15, 0.2) is 24.3 Å². The smallest absolute Gasteiger partial charge is 0.0991 e. The van der Waals surface area contributed by atoms with E-state index in [0.29, 0.717) is 0 Å². The number of nitriles is 1. The molecule has 2 rings (SSSR count). The maximum Gasteiger partial charge on any atom is 0.0991 e. The van der Waals surface area contributed by atoms with Gasteiger partial charge in [0.2, 0.25) is 0 Å². The molecule has 16 heavy (non-hydrogen) atoms. The average molecular weight is 214 g/mol. The van der Waals surface area contributed by atoms with E-state index in [9.17, 15) is 0 Å². The van der Waals surface area contributed by atoms with Gasteiger partial charge in [0.15, 0.2) is 0 Å². The van der Waals surface area contributed by atoms with Crippen molar-refractivity contribution in [3.8, 4) is 6.07 Å². The number of benzene rings is 1. The number of anilines is 1. The highest BCUT2D eigenvalue weighted by Gasteiger charge is 2.20. The van der Waals surface area contributed by atoms with Gasteiger partial charge in [-0.1, -0.05) is 6.42 Å². The third-order valence-corrected chi connectivity index (χ3v) is 3.45. The van der Waals surface area contributed by atoms with Crippen LogP contribution in [-0.2, 0) is 0 Å². The first-order valence-electron chi connectivity index (χ1n) is 6.08. The molecule has 0 bridgehead atoms. The highest BCUT2D eigenvalue weighted by atomic mass is 15.1. The molecule has 1 aliphatic rings. The normalized spacial score (nSPS) is 15.2. The average Bonchev–Trinajstić information content (AvgIpc) is 2.28. The van der Waals surface area contributed by atoms with Crippen molar-refractivity contribution < 1.29 is 0 Å². The molecule has 1 saturated carbocycles. The van der Waals surface area contributed by atoms with E-state index < -0.39 is 0 Å². The highest BCUT2D eigenvalue weighted by molar-refractivity contribution is 5.49. The minimum Gasteiger partial charge on any atom is -0.372 e. The van der Waals surface area contributed by atoms with Crippen molar-refractivity contribution >= 4 is 5.69 Å². The first kappa shape index (κ1) is 11.0. The summed E-state index contributed by atoms with van der Waals surface area (Å²) in [5, 5.41) is 8.75. The number of hydrogen-bond acceptors (Lipinski definition) is 2. The van der Waals surface area contributed by atoms with Gasteiger partial charge in [-0.25, -0.2) is 0 Å². The summed E-state index contributed by atoms with van der Waals surface area (Å²) in [6, 6.07) is 10.1. The van der Waals surface area contributed by atoms with Crippen molar-refractivity contribution in [1.82, 2.24) is 0 Å². The molecule has 1 aromatic carbocycles. The molecule has 0 radical (unpaired) electrons. The van der Waals surface area contributed by atoms with Crippen LogP contribution in [0, 0.1) is 17.2 Å². The summed E-state index contributed by atoms with van der Waals surface area (Å²) in [5.41, 5.74) is 1.98. The Balaban J connectivity index is 2.03. The largest absolute Gasteiger partial charge is 0.372 e. The monoisotopic (exact) mass is 214 g/mol. The maximum absolute atomic E-state index is 8.75. The lowest BCUT2D eigenvalue weighted by Gasteiger charge is -2.33. The van der Waals surface area contributed by atoms with Crippen LogP contribution in [-0.4, -0.2) is 13.1 Å². The molecule has 1 aliphatic carbocycles. The molecule has 0 saturated heterocycles. The van der Waals surface area contributed by atoms with Gasteiger partial charge in [-0.3, -0.25) is 0 Å². The van der Waals surface area contributed by atoms with Crippen molar-refractivity contribution in [2.24, 2.45) is 5.92 Å². The van der Waals surface area contributed by atoms with Crippen molar-refractivity contribution in [1.29, 1.82) is 5.26 Å². The second kappa shape index (κ2) is 5.03. The summed E-state index contributed by atoms with van der Waals surface area (Å²) in [7, 11) is 0. The first-order chi connectivity index (χ1) is 7.83. The van der Waals surface area contributed by atoms with E-state index in [-0.39, 0.29) is 0 Å². The zero-order valence-corrected chi connectivity index (χ0v) is 9.82. The minimum absolute atomic E-state index is 0.739. The Morgan fingerprint density at radius 1 is 1.31 bits per heavy atom. The number of rotatable bonds is 4. The van der Waals surface area contributed by atoms with E-state index in [0.717, 1.165) is 18.0 Å². The SMILES string of the molecule is CCN(CC1CCC1)c1ccc(C#N)cc1. The second-order valence-electron chi connectivity index (χ2n) is 4.49. The van der Waals surface area contributed by atoms with Crippen molar-refractivity contribution in [3.63, 3.8) is 0 Å². The molecule has 0 aromatic heterocycles. The zero-order chi connectivity index (χ0) is 11.4. The van der Waals surface area contributed by atoms with Gasteiger partial charge in [0.1, 0.15) is 0 Å². The van der Waals surface area contributed by atoms with E-state index >= 15 is 0 Å². The van der Waals surface area contributed by atoms with E-state index in [2.05, 4.69) is 30.0 Å². The standard InChI is InChI=1S/C14H18N2/c1-2-16(11-13-4-3-5-13)14-8-6-12(10-15)7-9-14/h6-9,13H,2-5,11H2,1H3. The van der Waals surface area contributed by atoms with Crippen LogP contribution >= 0.6 is 0 Å². The molecule has 0 spiro atoms. The fourth-order valence-electron chi connectivity index (χ4n) is 2.15. The van der Waals surface area contributed by atoms with Gasteiger partial charge in [-0.2, -0.15) is 5.26 Å². The number of hydrogen-bond donors (Lipinski definition) is 0. The molecule has 0 N–H and O–H groups in total. The highest BCUT2D eigenvalue weighted by Crippen LogP contribution is 2.28. The van der Waals surface area contributed by atoms with Crippen molar-refractivity contribution in [2.75, 3.05) is 18.0 Å². The third-order valence-electron chi connectivity index (χ3n) is 3.45. The quantitative estimate of drug-likeness (QED) is 0.769. The third kappa shape index (κ3) is 2.36.